The van der Waals surface area contributed by atoms with Gasteiger partial charge in [-0.15, -0.1) is 0 Å². The van der Waals surface area contributed by atoms with Crippen molar-refractivity contribution in [2.45, 2.75) is 25.8 Å². The third-order valence-electron chi connectivity index (χ3n) is 4.70. The smallest absolute Gasteiger partial charge is 0.282 e. The van der Waals surface area contributed by atoms with Gasteiger partial charge in [-0.05, 0) is 43.7 Å². The number of hydroxylamine groups is 2. The van der Waals surface area contributed by atoms with Crippen LogP contribution in [0, 0.1) is 0 Å². The lowest BCUT2D eigenvalue weighted by Gasteiger charge is -2.34. The largest absolute Gasteiger partial charge is 0.509 e. The molecule has 29 heavy (non-hydrogen) atoms. The summed E-state index contributed by atoms with van der Waals surface area (Å²) in [6.07, 6.45) is 0.270. The molecule has 0 radical (unpaired) electrons. The van der Waals surface area contributed by atoms with Crippen molar-refractivity contribution in [3.63, 3.8) is 0 Å². The van der Waals surface area contributed by atoms with Crippen molar-refractivity contribution in [3.8, 4) is 0 Å². The van der Waals surface area contributed by atoms with E-state index >= 15 is 0 Å². The molecule has 2 aromatic rings. The summed E-state index contributed by atoms with van der Waals surface area (Å²) in [5.74, 6) is -0.667. The summed E-state index contributed by atoms with van der Waals surface area (Å²) >= 11 is 18.4. The van der Waals surface area contributed by atoms with Gasteiger partial charge in [0.2, 0.25) is 0 Å². The number of hydrogen-bond donors (Lipinski definition) is 1. The Kier molecular flexibility index (Phi) is 6.76. The Labute approximate surface area is 184 Å². The van der Waals surface area contributed by atoms with Gasteiger partial charge in [0.05, 0.1) is 10.6 Å². The highest BCUT2D eigenvalue weighted by atomic mass is 35.5. The van der Waals surface area contributed by atoms with E-state index in [0.717, 1.165) is 10.6 Å². The second-order valence-corrected chi connectivity index (χ2v) is 8.05. The molecule has 8 heteroatoms. The van der Waals surface area contributed by atoms with E-state index in [0.29, 0.717) is 22.2 Å². The van der Waals surface area contributed by atoms with Crippen molar-refractivity contribution < 1.29 is 19.5 Å². The van der Waals surface area contributed by atoms with Gasteiger partial charge >= 0.3 is 0 Å². The maximum Gasteiger partial charge on any atom is 0.282 e. The molecular weight excluding hydrogens is 437 g/mol. The van der Waals surface area contributed by atoms with E-state index < -0.39 is 11.4 Å². The number of nitrogens with zero attached hydrogens (tertiary/aromatic N) is 1. The van der Waals surface area contributed by atoms with Crippen LogP contribution in [0.25, 0.3) is 5.57 Å². The van der Waals surface area contributed by atoms with Crippen molar-refractivity contribution >= 4 is 46.3 Å². The second kappa shape index (κ2) is 8.94. The lowest BCUT2D eigenvalue weighted by Crippen LogP contribution is -2.48. The minimum absolute atomic E-state index is 0.0627. The first-order valence-corrected chi connectivity index (χ1v) is 10.1. The number of amides is 1. The standard InChI is InChI=1S/C21H20Cl3NO4/c1-3-28-12-29-25-20(27)18(16-8-7-15(23)10-17(16)24)19(26)21(25,2)11-13-5-4-6-14(22)9-13/h4-10,26H,3,11-12H2,1-2H3. The number of rotatable bonds is 7. The number of halogens is 3. The number of hydrogen-bond acceptors (Lipinski definition) is 4. The highest BCUT2D eigenvalue weighted by Gasteiger charge is 2.51. The molecule has 5 nitrogen and oxygen atoms in total. The molecule has 3 rings (SSSR count). The number of carbonyl (C=O) groups is 1. The fraction of sp³-hybridized carbons (Fsp3) is 0.286. The summed E-state index contributed by atoms with van der Waals surface area (Å²) in [6, 6.07) is 11.9. The topological polar surface area (TPSA) is 59.0 Å². The second-order valence-electron chi connectivity index (χ2n) is 6.77. The Morgan fingerprint density at radius 2 is 1.83 bits per heavy atom. The predicted molar refractivity (Wildman–Crippen MR) is 114 cm³/mol. The van der Waals surface area contributed by atoms with E-state index in [-0.39, 0.29) is 29.6 Å². The lowest BCUT2D eigenvalue weighted by molar-refractivity contribution is -0.245. The molecule has 1 aliphatic rings. The molecule has 154 valence electrons. The van der Waals surface area contributed by atoms with Gasteiger partial charge in [-0.2, -0.15) is 0 Å². The monoisotopic (exact) mass is 455 g/mol. The third kappa shape index (κ3) is 4.39. The van der Waals surface area contributed by atoms with Crippen LogP contribution in [-0.4, -0.2) is 35.0 Å². The molecule has 1 heterocycles. The first-order valence-electron chi connectivity index (χ1n) is 8.96. The highest BCUT2D eigenvalue weighted by molar-refractivity contribution is 6.37. The molecular formula is C21H20Cl3NO4. The van der Waals surface area contributed by atoms with Crippen LogP contribution < -0.4 is 0 Å². The molecule has 1 atom stereocenters. The first kappa shape index (κ1) is 21.9. The average Bonchev–Trinajstić information content (AvgIpc) is 2.83. The molecule has 1 aliphatic heterocycles. The van der Waals surface area contributed by atoms with E-state index in [9.17, 15) is 9.90 Å². The van der Waals surface area contributed by atoms with Crippen LogP contribution in [0.15, 0.2) is 48.2 Å². The molecule has 0 aliphatic carbocycles. The molecule has 1 amide bonds. The summed E-state index contributed by atoms with van der Waals surface area (Å²) in [4.78, 5) is 18.8. The SMILES string of the molecule is CCOCON1C(=O)C(c2ccc(Cl)cc2Cl)=C(O)C1(C)Cc1cccc(Cl)c1. The van der Waals surface area contributed by atoms with E-state index in [4.69, 9.17) is 44.4 Å². The van der Waals surface area contributed by atoms with E-state index in [2.05, 4.69) is 0 Å². The van der Waals surface area contributed by atoms with Gasteiger partial charge in [0.15, 0.2) is 6.79 Å². The van der Waals surface area contributed by atoms with Crippen molar-refractivity contribution in [1.82, 2.24) is 5.06 Å². The fourth-order valence-corrected chi connectivity index (χ4v) is 4.02. The van der Waals surface area contributed by atoms with E-state index in [1.165, 1.54) is 6.07 Å². The molecule has 0 saturated carbocycles. The number of aliphatic hydroxyl groups is 1. The highest BCUT2D eigenvalue weighted by Crippen LogP contribution is 2.43. The van der Waals surface area contributed by atoms with Crippen molar-refractivity contribution in [3.05, 3.63) is 74.4 Å². The first-order chi connectivity index (χ1) is 13.8. The van der Waals surface area contributed by atoms with Crippen LogP contribution in [0.5, 0.6) is 0 Å². The molecule has 2 aromatic carbocycles. The Morgan fingerprint density at radius 3 is 2.48 bits per heavy atom. The zero-order valence-electron chi connectivity index (χ0n) is 15.9. The van der Waals surface area contributed by atoms with Crippen LogP contribution in [0.3, 0.4) is 0 Å². The van der Waals surface area contributed by atoms with Crippen LogP contribution >= 0.6 is 34.8 Å². The van der Waals surface area contributed by atoms with E-state index in [1.807, 2.05) is 13.0 Å². The molecule has 0 fully saturated rings. The Balaban J connectivity index is 2.07. The van der Waals surface area contributed by atoms with Crippen molar-refractivity contribution in [2.24, 2.45) is 0 Å². The molecule has 0 aromatic heterocycles. The van der Waals surface area contributed by atoms with Gasteiger partial charge in [0.1, 0.15) is 11.3 Å². The van der Waals surface area contributed by atoms with Crippen LogP contribution in [0.2, 0.25) is 15.1 Å². The normalized spacial score (nSPS) is 19.3. The Morgan fingerprint density at radius 1 is 1.10 bits per heavy atom. The third-order valence-corrected chi connectivity index (χ3v) is 5.48. The molecule has 0 spiro atoms. The number of ether oxygens (including phenoxy) is 1. The summed E-state index contributed by atoms with van der Waals surface area (Å²) in [7, 11) is 0. The van der Waals surface area contributed by atoms with Crippen molar-refractivity contribution in [2.75, 3.05) is 13.4 Å². The number of benzene rings is 2. The molecule has 0 bridgehead atoms. The quantitative estimate of drug-likeness (QED) is 0.430. The summed E-state index contributed by atoms with van der Waals surface area (Å²) in [5, 5.41) is 13.5. The zero-order chi connectivity index (χ0) is 21.2. The lowest BCUT2D eigenvalue weighted by atomic mass is 9.90. The van der Waals surface area contributed by atoms with Crippen molar-refractivity contribution in [1.29, 1.82) is 0 Å². The van der Waals surface area contributed by atoms with Gasteiger partial charge < -0.3 is 9.84 Å². The summed E-state index contributed by atoms with van der Waals surface area (Å²) in [6.45, 7) is 3.81. The van der Waals surface area contributed by atoms with Gasteiger partial charge in [0, 0.05) is 28.6 Å². The predicted octanol–water partition coefficient (Wildman–Crippen LogP) is 5.69. The summed E-state index contributed by atoms with van der Waals surface area (Å²) < 4.78 is 5.24. The Hall–Kier alpha value is -1.76. The van der Waals surface area contributed by atoms with Gasteiger partial charge in [-0.1, -0.05) is 53.0 Å². The van der Waals surface area contributed by atoms with Crippen LogP contribution in [0.1, 0.15) is 25.0 Å². The molecule has 1 unspecified atom stereocenters. The number of carbonyl (C=O) groups excluding carboxylic acids is 1. The molecule has 0 saturated heterocycles. The fourth-order valence-electron chi connectivity index (χ4n) is 3.30. The maximum absolute atomic E-state index is 13.2. The average molecular weight is 457 g/mol. The van der Waals surface area contributed by atoms with Crippen LogP contribution in [0.4, 0.5) is 0 Å². The van der Waals surface area contributed by atoms with Gasteiger partial charge in [-0.3, -0.25) is 4.79 Å². The summed E-state index contributed by atoms with van der Waals surface area (Å²) in [5.41, 5.74) is 0.0795. The minimum atomic E-state index is -1.18. The van der Waals surface area contributed by atoms with Crippen LogP contribution in [-0.2, 0) is 20.8 Å². The zero-order valence-corrected chi connectivity index (χ0v) is 18.2. The Bertz CT molecular complexity index is 963. The van der Waals surface area contributed by atoms with Gasteiger partial charge in [0.25, 0.3) is 5.91 Å². The number of aliphatic hydroxyl groups excluding tert-OH is 1. The molecule has 1 N–H and O–H groups in total. The minimum Gasteiger partial charge on any atom is -0.509 e. The van der Waals surface area contributed by atoms with E-state index in [1.54, 1.807) is 37.3 Å². The maximum atomic E-state index is 13.2. The van der Waals surface area contributed by atoms with Gasteiger partial charge in [-0.25, -0.2) is 9.90 Å².